The van der Waals surface area contributed by atoms with E-state index in [-0.39, 0.29) is 0 Å². The van der Waals surface area contributed by atoms with Crippen LogP contribution in [0.3, 0.4) is 0 Å². The fourth-order valence-corrected chi connectivity index (χ4v) is 1.36. The molecule has 1 aromatic carbocycles. The van der Waals surface area contributed by atoms with E-state index >= 15 is 0 Å². The lowest BCUT2D eigenvalue weighted by molar-refractivity contribution is 0.0497. The van der Waals surface area contributed by atoms with E-state index in [2.05, 4.69) is 10.9 Å². The summed E-state index contributed by atoms with van der Waals surface area (Å²) in [6.07, 6.45) is -0.510. The molecule has 5 heteroatoms. The number of hydrogen-bond donors (Lipinski definition) is 2. The molecule has 0 aromatic heterocycles. The van der Waals surface area contributed by atoms with Gasteiger partial charge in [0, 0.05) is 11.6 Å². The largest absolute Gasteiger partial charge is 0.443 e. The summed E-state index contributed by atoms with van der Waals surface area (Å²) < 4.78 is 5.06. The molecule has 0 aliphatic heterocycles. The maximum Gasteiger partial charge on any atom is 0.422 e. The minimum atomic E-state index is -0.510. The first-order valence-electron chi connectivity index (χ1n) is 5.34. The second-order valence-corrected chi connectivity index (χ2v) is 4.98. The Hall–Kier alpha value is -1.26. The van der Waals surface area contributed by atoms with Crippen LogP contribution in [0.1, 0.15) is 26.3 Å². The van der Waals surface area contributed by atoms with Gasteiger partial charge in [-0.3, -0.25) is 5.43 Å². The van der Waals surface area contributed by atoms with Crippen molar-refractivity contribution in [1.29, 1.82) is 0 Å². The van der Waals surface area contributed by atoms with Crippen molar-refractivity contribution in [2.45, 2.75) is 32.9 Å². The van der Waals surface area contributed by atoms with Crippen molar-refractivity contribution in [1.82, 2.24) is 10.9 Å². The lowest BCUT2D eigenvalue weighted by Gasteiger charge is -2.19. The first-order valence-corrected chi connectivity index (χ1v) is 5.71. The Labute approximate surface area is 106 Å². The maximum atomic E-state index is 11.3. The van der Waals surface area contributed by atoms with Crippen molar-refractivity contribution in [3.05, 3.63) is 34.9 Å². The van der Waals surface area contributed by atoms with Gasteiger partial charge in [-0.15, -0.1) is 0 Å². The molecule has 0 aliphatic rings. The summed E-state index contributed by atoms with van der Waals surface area (Å²) in [4.78, 5) is 11.3. The molecule has 0 saturated carbocycles. The van der Waals surface area contributed by atoms with Gasteiger partial charge in [0.05, 0.1) is 0 Å². The van der Waals surface area contributed by atoms with Crippen molar-refractivity contribution >= 4 is 17.7 Å². The Balaban J connectivity index is 2.34. The number of nitrogens with one attached hydrogen (secondary N) is 2. The molecule has 4 nitrogen and oxygen atoms in total. The second-order valence-electron chi connectivity index (χ2n) is 4.57. The zero-order valence-corrected chi connectivity index (χ0v) is 11.0. The summed E-state index contributed by atoms with van der Waals surface area (Å²) in [5.41, 5.74) is 5.60. The molecule has 0 atom stereocenters. The van der Waals surface area contributed by atoms with Gasteiger partial charge in [0.1, 0.15) is 5.60 Å². The quantitative estimate of drug-likeness (QED) is 0.818. The minimum Gasteiger partial charge on any atom is -0.443 e. The van der Waals surface area contributed by atoms with Crippen molar-refractivity contribution in [3.8, 4) is 0 Å². The zero-order valence-electron chi connectivity index (χ0n) is 10.2. The maximum absolute atomic E-state index is 11.3. The molecule has 17 heavy (non-hydrogen) atoms. The topological polar surface area (TPSA) is 50.4 Å². The average Bonchev–Trinajstić information content (AvgIpc) is 2.18. The molecule has 94 valence electrons. The third kappa shape index (κ3) is 5.56. The minimum absolute atomic E-state index is 0.443. The van der Waals surface area contributed by atoms with E-state index in [1.54, 1.807) is 26.8 Å². The summed E-state index contributed by atoms with van der Waals surface area (Å²) in [7, 11) is 0. The number of rotatable bonds is 3. The van der Waals surface area contributed by atoms with E-state index in [0.29, 0.717) is 11.6 Å². The van der Waals surface area contributed by atoms with Crippen LogP contribution in [0.15, 0.2) is 24.3 Å². The number of hydrogen-bond acceptors (Lipinski definition) is 3. The van der Waals surface area contributed by atoms with Crippen molar-refractivity contribution in [2.75, 3.05) is 0 Å². The number of carbonyl (C=O) groups is 1. The van der Waals surface area contributed by atoms with Crippen LogP contribution in [0.5, 0.6) is 0 Å². The molecule has 1 rings (SSSR count). The normalized spacial score (nSPS) is 11.1. The highest BCUT2D eigenvalue weighted by atomic mass is 35.5. The molecule has 0 spiro atoms. The number of ether oxygens (including phenoxy) is 1. The first kappa shape index (κ1) is 13.8. The molecule has 1 aromatic rings. The summed E-state index contributed by atoms with van der Waals surface area (Å²) in [5.74, 6) is 0. The summed E-state index contributed by atoms with van der Waals surface area (Å²) in [6.45, 7) is 5.86. The predicted octanol–water partition coefficient (Wildman–Crippen LogP) is 2.87. The Kier molecular flexibility index (Phi) is 4.78. The van der Waals surface area contributed by atoms with Crippen LogP contribution in [0.2, 0.25) is 5.02 Å². The van der Waals surface area contributed by atoms with E-state index in [4.69, 9.17) is 16.3 Å². The Morgan fingerprint density at radius 1 is 1.35 bits per heavy atom. The Bertz CT molecular complexity index is 388. The van der Waals surface area contributed by atoms with Crippen LogP contribution in [0.4, 0.5) is 4.79 Å². The molecule has 0 heterocycles. The van der Waals surface area contributed by atoms with Gasteiger partial charge in [0.15, 0.2) is 0 Å². The molecule has 1 amide bonds. The number of carbonyl (C=O) groups excluding carboxylic acids is 1. The van der Waals surface area contributed by atoms with Gasteiger partial charge in [-0.05, 0) is 32.4 Å². The molecule has 0 fully saturated rings. The smallest absolute Gasteiger partial charge is 0.422 e. The van der Waals surface area contributed by atoms with Crippen molar-refractivity contribution < 1.29 is 9.53 Å². The van der Waals surface area contributed by atoms with Gasteiger partial charge in [0.25, 0.3) is 0 Å². The molecule has 0 aliphatic carbocycles. The van der Waals surface area contributed by atoms with E-state index in [0.717, 1.165) is 5.56 Å². The lowest BCUT2D eigenvalue weighted by Crippen LogP contribution is -2.40. The standard InChI is InChI=1S/C12H17ClN2O2/c1-12(2,3)17-11(16)15-14-8-9-6-4-5-7-10(9)13/h4-7,14H,8H2,1-3H3,(H,15,16). The van der Waals surface area contributed by atoms with E-state index in [9.17, 15) is 4.79 Å². The van der Waals surface area contributed by atoms with Crippen LogP contribution >= 0.6 is 11.6 Å². The third-order valence-corrected chi connectivity index (χ3v) is 2.19. The van der Waals surface area contributed by atoms with E-state index in [1.165, 1.54) is 0 Å². The van der Waals surface area contributed by atoms with Gasteiger partial charge in [-0.25, -0.2) is 10.2 Å². The summed E-state index contributed by atoms with van der Waals surface area (Å²) >= 11 is 5.96. The van der Waals surface area contributed by atoms with Gasteiger partial charge >= 0.3 is 6.09 Å². The first-order chi connectivity index (χ1) is 7.88. The van der Waals surface area contributed by atoms with Gasteiger partial charge in [-0.1, -0.05) is 29.8 Å². The average molecular weight is 257 g/mol. The second kappa shape index (κ2) is 5.89. The van der Waals surface area contributed by atoms with E-state index < -0.39 is 11.7 Å². The predicted molar refractivity (Wildman–Crippen MR) is 67.7 cm³/mol. The van der Waals surface area contributed by atoms with Gasteiger partial charge in [0.2, 0.25) is 0 Å². The van der Waals surface area contributed by atoms with Crippen LogP contribution in [0, 0.1) is 0 Å². The molecule has 0 saturated heterocycles. The highest BCUT2D eigenvalue weighted by Gasteiger charge is 2.15. The molecular weight excluding hydrogens is 240 g/mol. The van der Waals surface area contributed by atoms with Crippen LogP contribution < -0.4 is 10.9 Å². The molecule has 0 bridgehead atoms. The van der Waals surface area contributed by atoms with Gasteiger partial charge in [-0.2, -0.15) is 0 Å². The Morgan fingerprint density at radius 3 is 2.59 bits per heavy atom. The van der Waals surface area contributed by atoms with Gasteiger partial charge < -0.3 is 4.74 Å². The number of hydrazine groups is 1. The van der Waals surface area contributed by atoms with E-state index in [1.807, 2.05) is 18.2 Å². The lowest BCUT2D eigenvalue weighted by atomic mass is 10.2. The SMILES string of the molecule is CC(C)(C)OC(=O)NNCc1ccccc1Cl. The number of benzene rings is 1. The zero-order chi connectivity index (χ0) is 12.9. The highest BCUT2D eigenvalue weighted by Crippen LogP contribution is 2.13. The third-order valence-electron chi connectivity index (χ3n) is 1.83. The van der Waals surface area contributed by atoms with Crippen LogP contribution in [0.25, 0.3) is 0 Å². The summed E-state index contributed by atoms with van der Waals surface area (Å²) in [5, 5.41) is 0.658. The van der Waals surface area contributed by atoms with Crippen LogP contribution in [-0.4, -0.2) is 11.7 Å². The number of amides is 1. The summed E-state index contributed by atoms with van der Waals surface area (Å²) in [6, 6.07) is 7.42. The van der Waals surface area contributed by atoms with Crippen LogP contribution in [-0.2, 0) is 11.3 Å². The van der Waals surface area contributed by atoms with Crippen molar-refractivity contribution in [3.63, 3.8) is 0 Å². The van der Waals surface area contributed by atoms with Crippen molar-refractivity contribution in [2.24, 2.45) is 0 Å². The highest BCUT2D eigenvalue weighted by molar-refractivity contribution is 6.31. The number of halogens is 1. The molecular formula is C12H17ClN2O2. The fourth-order valence-electron chi connectivity index (χ4n) is 1.16. The molecule has 0 unspecified atom stereocenters. The molecule has 0 radical (unpaired) electrons. The monoisotopic (exact) mass is 256 g/mol. The fraction of sp³-hybridized carbons (Fsp3) is 0.417. The Morgan fingerprint density at radius 2 is 2.00 bits per heavy atom. The molecule has 2 N–H and O–H groups in total.